The van der Waals surface area contributed by atoms with E-state index >= 15 is 0 Å². The van der Waals surface area contributed by atoms with E-state index in [2.05, 4.69) is 83.4 Å². The van der Waals surface area contributed by atoms with Crippen molar-refractivity contribution in [3.05, 3.63) is 68.0 Å². The molecule has 6 aromatic rings. The van der Waals surface area contributed by atoms with Crippen molar-refractivity contribution in [3.8, 4) is 42.3 Å². The van der Waals surface area contributed by atoms with Crippen LogP contribution in [0.4, 0.5) is 0 Å². The summed E-state index contributed by atoms with van der Waals surface area (Å²) in [4.78, 5) is 22.2. The van der Waals surface area contributed by atoms with Gasteiger partial charge in [-0.05, 0) is 95.7 Å². The fourth-order valence-corrected chi connectivity index (χ4v) is 9.37. The summed E-state index contributed by atoms with van der Waals surface area (Å²) >= 11 is 10.6. The van der Waals surface area contributed by atoms with Crippen molar-refractivity contribution in [1.29, 1.82) is 0 Å². The molecule has 194 valence electrons. The Morgan fingerprint density at radius 2 is 0.895 bits per heavy atom. The molecule has 10 heteroatoms. The second-order valence-corrected chi connectivity index (χ2v) is 15.0. The summed E-state index contributed by atoms with van der Waals surface area (Å²) in [6, 6.07) is 8.93. The topological polar surface area (TPSA) is 57.4 Å². The zero-order valence-electron chi connectivity index (χ0n) is 21.4. The van der Waals surface area contributed by atoms with Crippen LogP contribution in [0.5, 0.6) is 0 Å². The van der Waals surface area contributed by atoms with E-state index in [9.17, 15) is 0 Å². The van der Waals surface area contributed by atoms with Crippen molar-refractivity contribution in [2.75, 3.05) is 11.5 Å². The minimum atomic E-state index is 0.936. The van der Waals surface area contributed by atoms with Crippen LogP contribution in [-0.4, -0.2) is 31.4 Å². The molecule has 0 radical (unpaired) electrons. The van der Waals surface area contributed by atoms with E-state index in [0.29, 0.717) is 0 Å². The lowest BCUT2D eigenvalue weighted by atomic mass is 10.2. The van der Waals surface area contributed by atoms with Crippen molar-refractivity contribution >= 4 is 68.9 Å². The molecule has 6 aromatic heterocycles. The van der Waals surface area contributed by atoms with Crippen LogP contribution in [-0.2, 0) is 0 Å². The van der Waals surface area contributed by atoms with Gasteiger partial charge in [0.25, 0.3) is 0 Å². The smallest absolute Gasteiger partial charge is 0.166 e. The first-order valence-electron chi connectivity index (χ1n) is 12.1. The van der Waals surface area contributed by atoms with Gasteiger partial charge in [0, 0.05) is 11.5 Å². The van der Waals surface area contributed by atoms with Crippen LogP contribution in [0.15, 0.2) is 56.1 Å². The van der Waals surface area contributed by atoms with Gasteiger partial charge in [-0.3, -0.25) is 0 Å². The number of imidazole rings is 2. The zero-order valence-corrected chi connectivity index (χ0v) is 26.3. The number of H-pyrrole nitrogens is 2. The van der Waals surface area contributed by atoms with Crippen LogP contribution in [0.3, 0.4) is 0 Å². The van der Waals surface area contributed by atoms with Crippen molar-refractivity contribution in [2.45, 2.75) is 38.0 Å². The predicted molar refractivity (Wildman–Crippen MR) is 171 cm³/mol. The lowest BCUT2D eigenvalue weighted by Gasteiger charge is -1.97. The molecule has 6 heterocycles. The number of hydrogen-bond acceptors (Lipinski definition) is 8. The zero-order chi connectivity index (χ0) is 26.2. The maximum atomic E-state index is 5.02. The molecule has 0 amide bonds. The quantitative estimate of drug-likeness (QED) is 0.126. The molecule has 38 heavy (non-hydrogen) atoms. The average molecular weight is 611 g/mol. The first-order valence-corrected chi connectivity index (χ1v) is 17.6. The van der Waals surface area contributed by atoms with Crippen LogP contribution in [0.25, 0.3) is 42.3 Å². The molecule has 0 aliphatic rings. The SMILES string of the molecule is Cc1csc(-c2nc(SCCSc3nc(-c4cc(C)cs4)c(-c4cc(C)cs4)[nH]3)[nH]c2-c2cc(C)cs2)c1. The first kappa shape index (κ1) is 26.2. The van der Waals surface area contributed by atoms with Crippen LogP contribution in [0.1, 0.15) is 22.3 Å². The number of thioether (sulfide) groups is 2. The summed E-state index contributed by atoms with van der Waals surface area (Å²) in [6.07, 6.45) is 0. The fourth-order valence-electron chi connectivity index (χ4n) is 4.07. The highest BCUT2D eigenvalue weighted by Gasteiger charge is 2.19. The Morgan fingerprint density at radius 1 is 0.553 bits per heavy atom. The van der Waals surface area contributed by atoms with Gasteiger partial charge in [-0.15, -0.1) is 45.3 Å². The summed E-state index contributed by atoms with van der Waals surface area (Å²) in [6.45, 7) is 8.56. The van der Waals surface area contributed by atoms with Crippen LogP contribution < -0.4 is 0 Å². The van der Waals surface area contributed by atoms with Gasteiger partial charge < -0.3 is 9.97 Å². The summed E-state index contributed by atoms with van der Waals surface area (Å²) in [5, 5.41) is 10.7. The highest BCUT2D eigenvalue weighted by molar-refractivity contribution is 8.02. The van der Waals surface area contributed by atoms with Crippen LogP contribution in [0.2, 0.25) is 0 Å². The normalized spacial score (nSPS) is 11.6. The molecule has 0 saturated heterocycles. The molecule has 0 aromatic carbocycles. The number of nitrogens with one attached hydrogen (secondary N) is 2. The highest BCUT2D eigenvalue weighted by atomic mass is 32.2. The molecule has 4 nitrogen and oxygen atoms in total. The number of rotatable bonds is 9. The van der Waals surface area contributed by atoms with Gasteiger partial charge in [0.1, 0.15) is 11.4 Å². The number of aryl methyl sites for hydroxylation is 4. The Kier molecular flexibility index (Phi) is 7.70. The standard InChI is InChI=1S/C28H26N4S6/c1-15-7-19(35-11-15)23-24(20-8-16(2)12-36-20)30-27(29-23)33-5-6-34-28-31-25(21-9-17(3)13-37-21)26(32-28)22-10-18(4)14-38-22/h7-14H,5-6H2,1-4H3,(H,29,30)(H,31,32). The number of aromatic nitrogens is 4. The number of aromatic amines is 2. The van der Waals surface area contributed by atoms with Gasteiger partial charge in [0.15, 0.2) is 10.3 Å². The lowest BCUT2D eigenvalue weighted by molar-refractivity contribution is 1.06. The summed E-state index contributed by atoms with van der Waals surface area (Å²) < 4.78 is 0. The minimum Gasteiger partial charge on any atom is -0.332 e. The predicted octanol–water partition coefficient (Wildman–Crippen LogP) is 10.2. The Labute approximate surface area is 247 Å². The molecule has 0 unspecified atom stereocenters. The molecule has 0 bridgehead atoms. The van der Waals surface area contributed by atoms with Crippen molar-refractivity contribution < 1.29 is 0 Å². The van der Waals surface area contributed by atoms with Crippen LogP contribution in [0, 0.1) is 27.7 Å². The highest BCUT2D eigenvalue weighted by Crippen LogP contribution is 2.40. The van der Waals surface area contributed by atoms with Crippen LogP contribution >= 0.6 is 68.9 Å². The van der Waals surface area contributed by atoms with Crippen molar-refractivity contribution in [3.63, 3.8) is 0 Å². The Morgan fingerprint density at radius 3 is 1.21 bits per heavy atom. The maximum absolute atomic E-state index is 5.02. The lowest BCUT2D eigenvalue weighted by Crippen LogP contribution is -1.87. The summed E-state index contributed by atoms with van der Waals surface area (Å²) in [7, 11) is 0. The van der Waals surface area contributed by atoms with Gasteiger partial charge in [-0.2, -0.15) is 0 Å². The van der Waals surface area contributed by atoms with Gasteiger partial charge in [-0.1, -0.05) is 23.5 Å². The summed E-state index contributed by atoms with van der Waals surface area (Å²) in [5.74, 6) is 1.87. The molecule has 0 spiro atoms. The van der Waals surface area contributed by atoms with E-state index in [0.717, 1.165) is 44.6 Å². The molecule has 0 fully saturated rings. The van der Waals surface area contributed by atoms with Gasteiger partial charge in [0.2, 0.25) is 0 Å². The molecular formula is C28H26N4S6. The van der Waals surface area contributed by atoms with E-state index in [1.165, 1.54) is 41.8 Å². The van der Waals surface area contributed by atoms with Crippen molar-refractivity contribution in [1.82, 2.24) is 19.9 Å². The second-order valence-electron chi connectivity index (χ2n) is 9.18. The van der Waals surface area contributed by atoms with Gasteiger partial charge in [0.05, 0.1) is 30.9 Å². The fraction of sp³-hybridized carbons (Fsp3) is 0.214. The van der Waals surface area contributed by atoms with E-state index in [-0.39, 0.29) is 0 Å². The second kappa shape index (κ2) is 11.2. The molecule has 2 N–H and O–H groups in total. The molecular weight excluding hydrogens is 585 g/mol. The molecule has 6 rings (SSSR count). The molecule has 0 aliphatic heterocycles. The third-order valence-corrected chi connectivity index (χ3v) is 12.1. The third kappa shape index (κ3) is 5.61. The van der Waals surface area contributed by atoms with E-state index in [4.69, 9.17) is 9.97 Å². The average Bonchev–Trinajstić information content (AvgIpc) is 3.70. The molecule has 0 aliphatic carbocycles. The maximum Gasteiger partial charge on any atom is 0.166 e. The Balaban J connectivity index is 1.18. The van der Waals surface area contributed by atoms with E-state index in [1.54, 1.807) is 68.9 Å². The Bertz CT molecular complexity index is 1450. The van der Waals surface area contributed by atoms with Gasteiger partial charge in [-0.25, -0.2) is 9.97 Å². The van der Waals surface area contributed by atoms with E-state index in [1.807, 2.05) is 0 Å². The largest absolute Gasteiger partial charge is 0.332 e. The molecule has 0 atom stereocenters. The number of thiophene rings is 4. The number of nitrogens with zero attached hydrogens (tertiary/aromatic N) is 2. The first-order chi connectivity index (χ1) is 18.4. The monoisotopic (exact) mass is 610 g/mol. The van der Waals surface area contributed by atoms with Gasteiger partial charge >= 0.3 is 0 Å². The third-order valence-electron chi connectivity index (χ3n) is 5.81. The number of hydrogen-bond donors (Lipinski definition) is 2. The Hall–Kier alpha value is -2.08. The minimum absolute atomic E-state index is 0.936. The van der Waals surface area contributed by atoms with Crippen molar-refractivity contribution in [2.24, 2.45) is 0 Å². The molecule has 0 saturated carbocycles. The summed E-state index contributed by atoms with van der Waals surface area (Å²) in [5.41, 5.74) is 9.47. The van der Waals surface area contributed by atoms with E-state index < -0.39 is 0 Å².